The maximum Gasteiger partial charge on any atom is 0.0679 e. The summed E-state index contributed by atoms with van der Waals surface area (Å²) in [5, 5.41) is 9.48. The zero-order valence-corrected chi connectivity index (χ0v) is 9.52. The van der Waals surface area contributed by atoms with Gasteiger partial charge in [-0.15, -0.1) is 0 Å². The second-order valence-corrected chi connectivity index (χ2v) is 4.75. The molecule has 2 atom stereocenters. The minimum absolute atomic E-state index is 0.0941. The average molecular weight is 207 g/mol. The fourth-order valence-corrected chi connectivity index (χ4v) is 2.46. The van der Waals surface area contributed by atoms with Crippen molar-refractivity contribution in [3.63, 3.8) is 0 Å². The Kier molecular flexibility index (Phi) is 3.60. The number of nitrogens with zero attached hydrogens (tertiary/aromatic N) is 1. The van der Waals surface area contributed by atoms with Gasteiger partial charge in [0.1, 0.15) is 0 Å². The van der Waals surface area contributed by atoms with Crippen molar-refractivity contribution < 1.29 is 5.11 Å². The second-order valence-electron chi connectivity index (χ2n) is 4.75. The van der Waals surface area contributed by atoms with Gasteiger partial charge in [-0.05, 0) is 32.6 Å². The number of β-amino-alcohol motifs (C(OH)–C–C–N with tert-alkyl or cyclic N) is 1. The molecule has 1 aliphatic heterocycles. The molecule has 1 saturated heterocycles. The Morgan fingerprint density at radius 2 is 2.40 bits per heavy atom. The van der Waals surface area contributed by atoms with Gasteiger partial charge < -0.3 is 5.11 Å². The van der Waals surface area contributed by atoms with Crippen LogP contribution >= 0.6 is 0 Å². The highest BCUT2D eigenvalue weighted by Crippen LogP contribution is 2.20. The highest BCUT2D eigenvalue weighted by Gasteiger charge is 2.24. The Labute approximate surface area is 92.3 Å². The van der Waals surface area contributed by atoms with Crippen LogP contribution in [-0.2, 0) is 0 Å². The van der Waals surface area contributed by atoms with Crippen molar-refractivity contribution in [3.8, 4) is 0 Å². The third kappa shape index (κ3) is 2.93. The van der Waals surface area contributed by atoms with Crippen LogP contribution < -0.4 is 0 Å². The van der Waals surface area contributed by atoms with Gasteiger partial charge in [-0.1, -0.05) is 23.8 Å². The molecule has 0 aromatic heterocycles. The molecule has 0 aromatic carbocycles. The van der Waals surface area contributed by atoms with E-state index in [1.807, 2.05) is 0 Å². The average Bonchev–Trinajstić information content (AvgIpc) is 2.66. The largest absolute Gasteiger partial charge is 0.392 e. The Balaban J connectivity index is 1.83. The van der Waals surface area contributed by atoms with Crippen LogP contribution in [0.25, 0.3) is 0 Å². The van der Waals surface area contributed by atoms with Crippen molar-refractivity contribution >= 4 is 0 Å². The fourth-order valence-electron chi connectivity index (χ4n) is 2.46. The van der Waals surface area contributed by atoms with Crippen LogP contribution in [0.4, 0.5) is 0 Å². The normalized spacial score (nSPS) is 29.2. The van der Waals surface area contributed by atoms with E-state index in [0.717, 1.165) is 25.9 Å². The highest BCUT2D eigenvalue weighted by molar-refractivity contribution is 5.22. The molecule has 2 rings (SSSR count). The fraction of sp³-hybridized carbons (Fsp3) is 0.692. The Morgan fingerprint density at radius 1 is 1.53 bits per heavy atom. The van der Waals surface area contributed by atoms with Gasteiger partial charge in [-0.25, -0.2) is 0 Å². The first-order valence-corrected chi connectivity index (χ1v) is 6.03. The first-order chi connectivity index (χ1) is 7.25. The van der Waals surface area contributed by atoms with Crippen molar-refractivity contribution in [1.82, 2.24) is 4.90 Å². The van der Waals surface area contributed by atoms with Crippen LogP contribution in [0.2, 0.25) is 0 Å². The van der Waals surface area contributed by atoms with E-state index in [2.05, 4.69) is 30.1 Å². The molecule has 1 aliphatic carbocycles. The topological polar surface area (TPSA) is 23.5 Å². The van der Waals surface area contributed by atoms with Crippen LogP contribution in [0.1, 0.15) is 32.6 Å². The lowest BCUT2D eigenvalue weighted by Crippen LogP contribution is -2.31. The summed E-state index contributed by atoms with van der Waals surface area (Å²) in [5.74, 6) is 0. The molecule has 1 N–H and O–H groups in total. The standard InChI is InChI=1S/C13H21NO/c1-11(14-8-7-13(15)10-14)9-12-5-3-2-4-6-12/h3,5-6,11,13,15H,2,4,7-10H2,1H3. The molecular weight excluding hydrogens is 186 g/mol. The van der Waals surface area contributed by atoms with Gasteiger partial charge in [0.2, 0.25) is 0 Å². The Morgan fingerprint density at radius 3 is 3.00 bits per heavy atom. The van der Waals surface area contributed by atoms with Crippen molar-refractivity contribution in [2.24, 2.45) is 0 Å². The van der Waals surface area contributed by atoms with Gasteiger partial charge in [-0.3, -0.25) is 4.90 Å². The monoisotopic (exact) mass is 207 g/mol. The molecule has 0 aromatic rings. The van der Waals surface area contributed by atoms with Gasteiger partial charge in [0.15, 0.2) is 0 Å². The van der Waals surface area contributed by atoms with Crippen molar-refractivity contribution in [2.75, 3.05) is 13.1 Å². The summed E-state index contributed by atoms with van der Waals surface area (Å²) in [5.41, 5.74) is 1.47. The van der Waals surface area contributed by atoms with Crippen LogP contribution in [0.15, 0.2) is 23.8 Å². The molecule has 84 valence electrons. The number of hydrogen-bond donors (Lipinski definition) is 1. The minimum atomic E-state index is -0.0941. The number of aliphatic hydroxyl groups is 1. The lowest BCUT2D eigenvalue weighted by atomic mass is 10.0. The first kappa shape index (κ1) is 10.9. The van der Waals surface area contributed by atoms with E-state index in [-0.39, 0.29) is 6.10 Å². The lowest BCUT2D eigenvalue weighted by Gasteiger charge is -2.24. The maximum atomic E-state index is 9.48. The van der Waals surface area contributed by atoms with Gasteiger partial charge >= 0.3 is 0 Å². The summed E-state index contributed by atoms with van der Waals surface area (Å²) in [6, 6.07) is 0.566. The minimum Gasteiger partial charge on any atom is -0.392 e. The van der Waals surface area contributed by atoms with E-state index in [1.165, 1.54) is 18.4 Å². The molecule has 1 heterocycles. The SMILES string of the molecule is CC(CC1=CCCC=C1)N1CCC(O)C1. The van der Waals surface area contributed by atoms with Crippen molar-refractivity contribution in [1.29, 1.82) is 0 Å². The zero-order chi connectivity index (χ0) is 10.7. The van der Waals surface area contributed by atoms with E-state index < -0.39 is 0 Å². The Bertz CT molecular complexity index is 270. The summed E-state index contributed by atoms with van der Waals surface area (Å²) >= 11 is 0. The van der Waals surface area contributed by atoms with Crippen molar-refractivity contribution in [3.05, 3.63) is 23.8 Å². The molecule has 2 aliphatic rings. The predicted octanol–water partition coefficient (Wildman–Crippen LogP) is 2.11. The third-order valence-electron chi connectivity index (χ3n) is 3.42. The molecule has 0 amide bonds. The van der Waals surface area contributed by atoms with E-state index in [9.17, 15) is 5.11 Å². The second kappa shape index (κ2) is 4.95. The molecule has 15 heavy (non-hydrogen) atoms. The summed E-state index contributed by atoms with van der Waals surface area (Å²) < 4.78 is 0. The molecule has 1 fully saturated rings. The molecule has 0 spiro atoms. The molecule has 0 bridgehead atoms. The molecule has 2 heteroatoms. The highest BCUT2D eigenvalue weighted by atomic mass is 16.3. The van der Waals surface area contributed by atoms with Crippen LogP contribution in [0, 0.1) is 0 Å². The maximum absolute atomic E-state index is 9.48. The Hall–Kier alpha value is -0.600. The van der Waals surface area contributed by atoms with Gasteiger partial charge in [0.05, 0.1) is 6.10 Å². The third-order valence-corrected chi connectivity index (χ3v) is 3.42. The van der Waals surface area contributed by atoms with Gasteiger partial charge in [0, 0.05) is 19.1 Å². The zero-order valence-electron chi connectivity index (χ0n) is 9.52. The van der Waals surface area contributed by atoms with Gasteiger partial charge in [-0.2, -0.15) is 0 Å². The quantitative estimate of drug-likeness (QED) is 0.766. The van der Waals surface area contributed by atoms with Crippen molar-refractivity contribution in [2.45, 2.75) is 44.8 Å². The van der Waals surface area contributed by atoms with E-state index in [0.29, 0.717) is 6.04 Å². The predicted molar refractivity (Wildman–Crippen MR) is 62.7 cm³/mol. The molecule has 0 saturated carbocycles. The summed E-state index contributed by atoms with van der Waals surface area (Å²) in [4.78, 5) is 2.40. The number of allylic oxidation sites excluding steroid dienone is 3. The number of rotatable bonds is 3. The van der Waals surface area contributed by atoms with Crippen LogP contribution in [0.3, 0.4) is 0 Å². The van der Waals surface area contributed by atoms with Crippen LogP contribution in [-0.4, -0.2) is 35.2 Å². The summed E-state index contributed by atoms with van der Waals surface area (Å²) in [6.45, 7) is 4.18. The van der Waals surface area contributed by atoms with E-state index >= 15 is 0 Å². The number of aliphatic hydroxyl groups excluding tert-OH is 1. The van der Waals surface area contributed by atoms with E-state index in [1.54, 1.807) is 0 Å². The van der Waals surface area contributed by atoms with Crippen LogP contribution in [0.5, 0.6) is 0 Å². The molecule has 0 radical (unpaired) electrons. The summed E-state index contributed by atoms with van der Waals surface area (Å²) in [7, 11) is 0. The first-order valence-electron chi connectivity index (χ1n) is 6.03. The molecular formula is C13H21NO. The lowest BCUT2D eigenvalue weighted by molar-refractivity contribution is 0.162. The van der Waals surface area contributed by atoms with E-state index in [4.69, 9.17) is 0 Å². The summed E-state index contributed by atoms with van der Waals surface area (Å²) in [6.07, 6.45) is 11.2. The number of likely N-dealkylation sites (tertiary alicyclic amines) is 1. The molecule has 2 nitrogen and oxygen atoms in total. The number of hydrogen-bond acceptors (Lipinski definition) is 2. The smallest absolute Gasteiger partial charge is 0.0679 e. The van der Waals surface area contributed by atoms with Gasteiger partial charge in [0.25, 0.3) is 0 Å². The molecule has 2 unspecified atom stereocenters.